The number of allylic oxidation sites excluding steroid dienone is 1. The first-order chi connectivity index (χ1) is 14.7. The molecular weight excluding hydrogens is 396 g/mol. The molecule has 0 heterocycles. The van der Waals surface area contributed by atoms with Crippen molar-refractivity contribution in [3.63, 3.8) is 0 Å². The molecule has 0 aromatic heterocycles. The monoisotopic (exact) mass is 428 g/mol. The fraction of sp³-hybridized carbons (Fsp3) is 0.400. The maximum absolute atomic E-state index is 11.1. The Balaban J connectivity index is 2.28. The number of hydrogen-bond donors (Lipinski definition) is 2. The number of aliphatic hydroxyl groups excluding tert-OH is 1. The summed E-state index contributed by atoms with van der Waals surface area (Å²) >= 11 is 0. The quantitative estimate of drug-likeness (QED) is 0.304. The average molecular weight is 429 g/mol. The second-order valence-corrected chi connectivity index (χ2v) is 7.73. The third-order valence-corrected chi connectivity index (χ3v) is 4.89. The predicted octanol–water partition coefficient (Wildman–Crippen LogP) is 3.76. The van der Waals surface area contributed by atoms with E-state index < -0.39 is 24.1 Å². The van der Waals surface area contributed by atoms with E-state index in [4.69, 9.17) is 14.2 Å². The van der Waals surface area contributed by atoms with Crippen LogP contribution in [0.25, 0.3) is 0 Å². The molecule has 168 valence electrons. The van der Waals surface area contributed by atoms with Crippen LogP contribution in [0.2, 0.25) is 0 Å². The molecule has 2 rings (SSSR count). The Morgan fingerprint density at radius 2 is 1.45 bits per heavy atom. The van der Waals surface area contributed by atoms with E-state index in [0.717, 1.165) is 11.1 Å². The highest BCUT2D eigenvalue weighted by molar-refractivity contribution is 5.59. The third-order valence-electron chi connectivity index (χ3n) is 4.89. The second kappa shape index (κ2) is 11.8. The highest BCUT2D eigenvalue weighted by Crippen LogP contribution is 2.25. The van der Waals surface area contributed by atoms with Crippen LogP contribution in [0.15, 0.2) is 72.0 Å². The van der Waals surface area contributed by atoms with Gasteiger partial charge in [0.15, 0.2) is 6.29 Å². The zero-order valence-corrected chi connectivity index (χ0v) is 18.5. The molecule has 0 bridgehead atoms. The first-order valence-corrected chi connectivity index (χ1v) is 10.3. The molecule has 2 aromatic rings. The summed E-state index contributed by atoms with van der Waals surface area (Å²) in [5, 5.41) is 20.5. The Bertz CT molecular complexity index is 830. The number of ether oxygens (including phenoxy) is 3. The van der Waals surface area contributed by atoms with E-state index in [1.807, 2.05) is 60.7 Å². The lowest BCUT2D eigenvalue weighted by Gasteiger charge is -2.32. The smallest absolute Gasteiger partial charge is 0.261 e. The molecule has 2 N–H and O–H groups in total. The summed E-state index contributed by atoms with van der Waals surface area (Å²) in [4.78, 5) is 11.1. The Morgan fingerprint density at radius 1 is 0.968 bits per heavy atom. The fourth-order valence-corrected chi connectivity index (χ4v) is 3.09. The minimum atomic E-state index is -1.96. The van der Waals surface area contributed by atoms with Crippen LogP contribution in [0, 0.1) is 0 Å². The van der Waals surface area contributed by atoms with Crippen LogP contribution in [0.3, 0.4) is 0 Å². The van der Waals surface area contributed by atoms with Crippen molar-refractivity contribution in [1.82, 2.24) is 0 Å². The van der Waals surface area contributed by atoms with Crippen LogP contribution in [-0.2, 0) is 32.2 Å². The van der Waals surface area contributed by atoms with Gasteiger partial charge in [0, 0.05) is 6.92 Å². The minimum Gasteiger partial charge on any atom is -0.460 e. The zero-order chi connectivity index (χ0) is 22.9. The molecule has 6 nitrogen and oxygen atoms in total. The van der Waals surface area contributed by atoms with Gasteiger partial charge in [0.05, 0.1) is 25.1 Å². The molecule has 0 radical (unpaired) electrons. The largest absolute Gasteiger partial charge is 0.460 e. The molecule has 31 heavy (non-hydrogen) atoms. The van der Waals surface area contributed by atoms with Crippen molar-refractivity contribution in [3.8, 4) is 0 Å². The normalized spacial score (nSPS) is 17.1. The topological polar surface area (TPSA) is 85.2 Å². The molecule has 0 spiro atoms. The van der Waals surface area contributed by atoms with Crippen LogP contribution < -0.4 is 0 Å². The minimum absolute atomic E-state index is 0.290. The van der Waals surface area contributed by atoms with E-state index in [2.05, 4.69) is 0 Å². The summed E-state index contributed by atoms with van der Waals surface area (Å²) < 4.78 is 17.7. The lowest BCUT2D eigenvalue weighted by Crippen LogP contribution is -2.41. The van der Waals surface area contributed by atoms with E-state index in [-0.39, 0.29) is 6.61 Å². The number of aliphatic hydroxyl groups is 2. The second-order valence-electron chi connectivity index (χ2n) is 7.73. The van der Waals surface area contributed by atoms with Gasteiger partial charge in [-0.15, -0.1) is 0 Å². The van der Waals surface area contributed by atoms with E-state index in [1.54, 1.807) is 20.8 Å². The number of rotatable bonds is 12. The maximum Gasteiger partial charge on any atom is 0.261 e. The molecule has 2 aromatic carbocycles. The van der Waals surface area contributed by atoms with Gasteiger partial charge < -0.3 is 24.4 Å². The number of hydrogen-bond acceptors (Lipinski definition) is 6. The highest BCUT2D eigenvalue weighted by atomic mass is 16.6. The van der Waals surface area contributed by atoms with E-state index in [0.29, 0.717) is 24.2 Å². The van der Waals surface area contributed by atoms with Crippen molar-refractivity contribution in [2.45, 2.75) is 65.0 Å². The number of benzene rings is 2. The summed E-state index contributed by atoms with van der Waals surface area (Å²) in [6, 6.07) is 19.3. The van der Waals surface area contributed by atoms with Crippen molar-refractivity contribution in [2.75, 3.05) is 0 Å². The van der Waals surface area contributed by atoms with Gasteiger partial charge in [-0.3, -0.25) is 4.79 Å². The van der Waals surface area contributed by atoms with Gasteiger partial charge in [0.2, 0.25) is 0 Å². The van der Waals surface area contributed by atoms with Crippen molar-refractivity contribution in [3.05, 3.63) is 83.1 Å². The molecule has 0 aliphatic carbocycles. The summed E-state index contributed by atoms with van der Waals surface area (Å²) in [5.74, 6) is -1.63. The Kier molecular flexibility index (Phi) is 9.40. The predicted molar refractivity (Wildman–Crippen MR) is 118 cm³/mol. The number of carbonyl (C=O) groups excluding carboxylic acids is 1. The lowest BCUT2D eigenvalue weighted by atomic mass is 10.0. The average Bonchev–Trinajstić information content (AvgIpc) is 2.76. The maximum atomic E-state index is 11.1. The summed E-state index contributed by atoms with van der Waals surface area (Å²) in [5.41, 5.74) is 2.54. The Labute approximate surface area is 184 Å². The Morgan fingerprint density at radius 3 is 1.90 bits per heavy atom. The van der Waals surface area contributed by atoms with E-state index >= 15 is 0 Å². The van der Waals surface area contributed by atoms with Crippen molar-refractivity contribution in [1.29, 1.82) is 0 Å². The van der Waals surface area contributed by atoms with Crippen molar-refractivity contribution < 1.29 is 29.2 Å². The molecule has 6 heteroatoms. The molecule has 0 saturated carbocycles. The molecule has 0 aliphatic heterocycles. The highest BCUT2D eigenvalue weighted by Gasteiger charge is 2.32. The summed E-state index contributed by atoms with van der Waals surface area (Å²) in [7, 11) is 0. The number of aldehydes is 1. The van der Waals surface area contributed by atoms with Crippen molar-refractivity contribution in [2.24, 2.45) is 0 Å². The van der Waals surface area contributed by atoms with Crippen molar-refractivity contribution >= 4 is 6.29 Å². The number of carbonyl (C=O) groups is 1. The lowest BCUT2D eigenvalue weighted by molar-refractivity contribution is -0.170. The molecule has 4 atom stereocenters. The summed E-state index contributed by atoms with van der Waals surface area (Å²) in [6.45, 7) is 6.89. The van der Waals surface area contributed by atoms with Gasteiger partial charge in [-0.25, -0.2) is 0 Å². The van der Waals surface area contributed by atoms with Gasteiger partial charge in [0.25, 0.3) is 5.79 Å². The molecule has 3 unspecified atom stereocenters. The van der Waals surface area contributed by atoms with E-state index in [1.165, 1.54) is 6.92 Å². The van der Waals surface area contributed by atoms with Gasteiger partial charge in [-0.2, -0.15) is 0 Å². The molecule has 0 amide bonds. The first kappa shape index (κ1) is 24.8. The molecular formula is C25H32O6. The van der Waals surface area contributed by atoms with Gasteiger partial charge in [0.1, 0.15) is 12.2 Å². The third kappa shape index (κ3) is 7.92. The van der Waals surface area contributed by atoms with Crippen LogP contribution in [0.5, 0.6) is 0 Å². The molecule has 0 saturated heterocycles. The van der Waals surface area contributed by atoms with Crippen LogP contribution >= 0.6 is 0 Å². The van der Waals surface area contributed by atoms with Crippen LogP contribution in [0.4, 0.5) is 0 Å². The fourth-order valence-electron chi connectivity index (χ4n) is 3.09. The van der Waals surface area contributed by atoms with Crippen LogP contribution in [-0.4, -0.2) is 40.6 Å². The molecule has 0 fully saturated rings. The Hall–Kier alpha value is -2.51. The first-order valence-electron chi connectivity index (χ1n) is 10.3. The summed E-state index contributed by atoms with van der Waals surface area (Å²) in [6.07, 6.45) is -1.91. The standard InChI is InChI=1S/C25H32O6/c1-18(20(3)31-25(4,28)17-26)23(29-15-21-11-7-5-8-12-21)24(19(2)27)30-16-22-13-9-6-10-14-22/h5-14,17,19,23-24,27-28H,15-16H2,1-4H3/b20-18+/t19?,23-,24?,25?/m1/s1. The SMILES string of the molecule is C/C(OC(C)(O)C=O)=C(/C)[C@@H](OCc1ccccc1)C(OCc1ccccc1)C(C)O. The van der Waals surface area contributed by atoms with Gasteiger partial charge in [-0.05, 0) is 37.5 Å². The van der Waals surface area contributed by atoms with Crippen LogP contribution in [0.1, 0.15) is 38.8 Å². The van der Waals surface area contributed by atoms with Gasteiger partial charge in [-0.1, -0.05) is 60.7 Å². The van der Waals surface area contributed by atoms with Gasteiger partial charge >= 0.3 is 0 Å². The van der Waals surface area contributed by atoms with E-state index in [9.17, 15) is 15.0 Å². The molecule has 0 aliphatic rings. The zero-order valence-electron chi connectivity index (χ0n) is 18.5.